The number of hydrogen-bond acceptors (Lipinski definition) is 16. The van der Waals surface area contributed by atoms with Gasteiger partial charge in [-0.05, 0) is 58.8 Å². The summed E-state index contributed by atoms with van der Waals surface area (Å²) in [5.74, 6) is -6.49. The normalized spacial score (nSPS) is 44.6. The van der Waals surface area contributed by atoms with E-state index in [4.69, 9.17) is 24.7 Å². The predicted molar refractivity (Wildman–Crippen MR) is 236 cm³/mol. The summed E-state index contributed by atoms with van der Waals surface area (Å²) in [4.78, 5) is 25.1. The molecule has 3 heterocycles. The first-order valence-corrected chi connectivity index (χ1v) is 22.5. The Hall–Kier alpha value is -3.14. The van der Waals surface area contributed by atoms with Gasteiger partial charge in [0.05, 0.1) is 73.5 Å². The number of hydrogen-bond donors (Lipinski definition) is 11. The van der Waals surface area contributed by atoms with Gasteiger partial charge in [-0.25, -0.2) is 0 Å². The highest BCUT2D eigenvalue weighted by Gasteiger charge is 2.51. The Morgan fingerprint density at radius 3 is 1.94 bits per heavy atom. The van der Waals surface area contributed by atoms with E-state index < -0.39 is 128 Å². The highest BCUT2D eigenvalue weighted by molar-refractivity contribution is 5.71. The van der Waals surface area contributed by atoms with E-state index in [1.165, 1.54) is 0 Å². The van der Waals surface area contributed by atoms with Crippen LogP contribution >= 0.6 is 0 Å². The van der Waals surface area contributed by atoms with Crippen LogP contribution in [-0.2, 0) is 28.5 Å². The second-order valence-electron chi connectivity index (χ2n) is 17.7. The van der Waals surface area contributed by atoms with Crippen LogP contribution in [-0.4, -0.2) is 154 Å². The largest absolute Gasteiger partial charge is 0.481 e. The molecule has 0 aromatic heterocycles. The van der Waals surface area contributed by atoms with Crippen molar-refractivity contribution in [1.29, 1.82) is 0 Å². The monoisotopic (exact) mass is 910 g/mol. The maximum absolute atomic E-state index is 12.6. The van der Waals surface area contributed by atoms with Crippen LogP contribution in [0.3, 0.4) is 0 Å². The number of aliphatic hydroxyl groups excluding tert-OH is 8. The lowest BCUT2D eigenvalue weighted by molar-refractivity contribution is -0.308. The molecule has 2 bridgehead atoms. The van der Waals surface area contributed by atoms with Crippen LogP contribution < -0.4 is 5.73 Å². The van der Waals surface area contributed by atoms with Gasteiger partial charge in [0, 0.05) is 31.1 Å². The van der Waals surface area contributed by atoms with Gasteiger partial charge in [-0.15, -0.1) is 0 Å². The van der Waals surface area contributed by atoms with E-state index in [9.17, 15) is 60.7 Å². The number of allylic oxidation sites excluding steroid dienone is 10. The van der Waals surface area contributed by atoms with Crippen molar-refractivity contribution in [3.63, 3.8) is 0 Å². The number of aliphatic hydroxyl groups is 9. The topological polar surface area (TPSA) is 299 Å². The summed E-state index contributed by atoms with van der Waals surface area (Å²) in [5, 5.41) is 107. The van der Waals surface area contributed by atoms with E-state index in [2.05, 4.69) is 0 Å². The average molecular weight is 910 g/mol. The van der Waals surface area contributed by atoms with Crippen molar-refractivity contribution in [2.24, 2.45) is 23.5 Å². The van der Waals surface area contributed by atoms with Crippen LogP contribution in [0, 0.1) is 17.8 Å². The number of carboxylic acids is 1. The van der Waals surface area contributed by atoms with Crippen LogP contribution in [0.4, 0.5) is 0 Å². The number of ether oxygens (including phenoxy) is 4. The van der Waals surface area contributed by atoms with E-state index >= 15 is 0 Å². The number of aliphatic carboxylic acids is 1. The summed E-state index contributed by atoms with van der Waals surface area (Å²) in [5.41, 5.74) is 6.03. The fourth-order valence-corrected chi connectivity index (χ4v) is 8.16. The first kappa shape index (κ1) is 55.2. The van der Waals surface area contributed by atoms with Crippen LogP contribution in [0.25, 0.3) is 0 Å². The quantitative estimate of drug-likeness (QED) is 0.180. The molecule has 3 aliphatic rings. The van der Waals surface area contributed by atoms with Gasteiger partial charge >= 0.3 is 11.9 Å². The third kappa shape index (κ3) is 18.6. The minimum absolute atomic E-state index is 0.125. The number of rotatable bonds is 3. The molecule has 17 heteroatoms. The lowest BCUT2D eigenvalue weighted by atomic mass is 9.82. The van der Waals surface area contributed by atoms with Gasteiger partial charge in [-0.2, -0.15) is 0 Å². The Labute approximate surface area is 376 Å². The molecular weight excluding hydrogens is 835 g/mol. The highest BCUT2D eigenvalue weighted by Crippen LogP contribution is 2.38. The summed E-state index contributed by atoms with van der Waals surface area (Å²) in [6.45, 7) is 6.87. The molecule has 17 nitrogen and oxygen atoms in total. The van der Waals surface area contributed by atoms with Gasteiger partial charge in [0.1, 0.15) is 18.1 Å². The SMILES string of the molecule is C[C@@H]1[C@H](O)[C@@H](C)/C=C/C=C/CC/C=C/C=C/C=C/C=C/[C@H](O[C@@H]2O[C@H](C)[C@@H](O)[C@H](N)[C@@H]2O)C[C@@H]2O[C@](O)(C[C@@H](O)C[C@@H](O)CCC[C@@H](O)C[C@@H](O)CC(=O)O[C@H]1C)C[C@H](O)[C@H]2C(=O)O. The third-order valence-corrected chi connectivity index (χ3v) is 12.1. The summed E-state index contributed by atoms with van der Waals surface area (Å²) in [6, 6.07) is -1.12. The summed E-state index contributed by atoms with van der Waals surface area (Å²) in [6.07, 6.45) is 6.69. The van der Waals surface area contributed by atoms with Crippen molar-refractivity contribution in [1.82, 2.24) is 0 Å². The van der Waals surface area contributed by atoms with Crippen LogP contribution in [0.2, 0.25) is 0 Å². The number of cyclic esters (lactones) is 1. The van der Waals surface area contributed by atoms with Crippen molar-refractivity contribution in [2.75, 3.05) is 0 Å². The smallest absolute Gasteiger partial charge is 0.311 e. The van der Waals surface area contributed by atoms with Crippen LogP contribution in [0.1, 0.15) is 98.3 Å². The fraction of sp³-hybridized carbons (Fsp3) is 0.702. The molecule has 364 valence electrons. The molecule has 12 N–H and O–H groups in total. The number of carbonyl (C=O) groups is 2. The molecule has 0 aromatic rings. The van der Waals surface area contributed by atoms with Crippen molar-refractivity contribution >= 4 is 11.9 Å². The maximum Gasteiger partial charge on any atom is 0.311 e. The Morgan fingerprint density at radius 1 is 0.719 bits per heavy atom. The molecule has 0 aromatic carbocycles. The van der Waals surface area contributed by atoms with Gasteiger partial charge in [0.15, 0.2) is 12.1 Å². The average Bonchev–Trinajstić information content (AvgIpc) is 3.20. The lowest BCUT2D eigenvalue weighted by Crippen LogP contribution is -2.61. The van der Waals surface area contributed by atoms with Gasteiger partial charge < -0.3 is 75.7 Å². The van der Waals surface area contributed by atoms with Crippen molar-refractivity contribution < 1.29 is 79.6 Å². The number of carboxylic acid groups (broad SMARTS) is 1. The molecule has 18 atom stereocenters. The van der Waals surface area contributed by atoms with Crippen LogP contribution in [0.15, 0.2) is 72.9 Å². The van der Waals surface area contributed by atoms with Gasteiger partial charge in [-0.1, -0.05) is 86.8 Å². The molecule has 3 rings (SSSR count). The van der Waals surface area contributed by atoms with E-state index in [0.29, 0.717) is 0 Å². The Balaban J connectivity index is 1.81. The zero-order valence-electron chi connectivity index (χ0n) is 37.5. The molecule has 0 radical (unpaired) electrons. The zero-order chi connectivity index (χ0) is 47.6. The van der Waals surface area contributed by atoms with Gasteiger partial charge in [-0.3, -0.25) is 9.59 Å². The van der Waals surface area contributed by atoms with E-state index in [-0.39, 0.29) is 50.9 Å². The van der Waals surface area contributed by atoms with Crippen molar-refractivity contribution in [2.45, 2.75) is 190 Å². The number of nitrogens with two attached hydrogens (primary N) is 1. The Bertz CT molecular complexity index is 1580. The van der Waals surface area contributed by atoms with Crippen molar-refractivity contribution in [3.8, 4) is 0 Å². The highest BCUT2D eigenvalue weighted by atomic mass is 16.7. The third-order valence-electron chi connectivity index (χ3n) is 12.1. The molecule has 0 spiro atoms. The Morgan fingerprint density at radius 2 is 1.30 bits per heavy atom. The zero-order valence-corrected chi connectivity index (χ0v) is 37.5. The maximum atomic E-state index is 12.6. The lowest BCUT2D eigenvalue weighted by Gasteiger charge is -2.45. The first-order chi connectivity index (χ1) is 30.2. The Kier molecular flexibility index (Phi) is 23.7. The number of fused-ring (bicyclic) bond motifs is 2. The minimum Gasteiger partial charge on any atom is -0.481 e. The molecular formula is C47H75NO16. The standard InChI is InChI=1S/C47H75NO16/c1-28-18-15-13-11-9-7-5-6-8-10-12-14-16-21-36(63-46-44(57)41(48)43(56)31(4)62-46)25-38-40(45(58)59)37(53)27-47(60,64-38)26-35(52)23-33(50)20-17-19-32(49)22-34(51)24-39(54)61-30(3)29(2)42(28)55/h5-6,8,10-16,18,21,28-38,40-44,46,49-53,55-57,60H,7,9,17,19-20,22-27,48H2,1-4H3,(H,58,59)/b6-5+,10-8+,13-11+,14-12+,18-15+,21-16+/t28-,29-,30-,31+,32+,33-,34+,35-,36-,37-,38-,40+,41-,42+,43+,44-,46-,47+/m0/s1. The van der Waals surface area contributed by atoms with Gasteiger partial charge in [0.25, 0.3) is 0 Å². The molecule has 2 fully saturated rings. The second kappa shape index (κ2) is 27.5. The molecule has 0 aliphatic carbocycles. The summed E-state index contributed by atoms with van der Waals surface area (Å²) < 4.78 is 23.3. The van der Waals surface area contributed by atoms with Crippen LogP contribution in [0.5, 0.6) is 0 Å². The van der Waals surface area contributed by atoms with E-state index in [1.807, 2.05) is 49.5 Å². The molecule has 0 amide bonds. The molecule has 0 saturated carbocycles. The minimum atomic E-state index is -2.23. The molecule has 0 unspecified atom stereocenters. The van der Waals surface area contributed by atoms with Crippen molar-refractivity contribution in [3.05, 3.63) is 72.9 Å². The molecule has 3 aliphatic heterocycles. The predicted octanol–water partition coefficient (Wildman–Crippen LogP) is 1.96. The number of esters is 1. The van der Waals surface area contributed by atoms with E-state index in [1.54, 1.807) is 51.2 Å². The number of carbonyl (C=O) groups excluding carboxylic acids is 1. The summed E-state index contributed by atoms with van der Waals surface area (Å²) >= 11 is 0. The summed E-state index contributed by atoms with van der Waals surface area (Å²) in [7, 11) is 0. The first-order valence-electron chi connectivity index (χ1n) is 22.5. The second-order valence-corrected chi connectivity index (χ2v) is 17.7. The van der Waals surface area contributed by atoms with Gasteiger partial charge in [0.2, 0.25) is 0 Å². The fourth-order valence-electron chi connectivity index (χ4n) is 8.16. The molecule has 2 saturated heterocycles. The van der Waals surface area contributed by atoms with E-state index in [0.717, 1.165) is 12.8 Å². The molecule has 64 heavy (non-hydrogen) atoms.